The van der Waals surface area contributed by atoms with Crippen LogP contribution in [-0.2, 0) is 10.2 Å². The minimum Gasteiger partial charge on any atom is -0.481 e. The van der Waals surface area contributed by atoms with Gasteiger partial charge in [0.2, 0.25) is 0 Å². The fraction of sp³-hybridized carbons (Fsp3) is 0.391. The second kappa shape index (κ2) is 5.45. The van der Waals surface area contributed by atoms with Crippen molar-refractivity contribution < 1.29 is 19.8 Å². The molecule has 28 heavy (non-hydrogen) atoms. The Hall–Kier alpha value is -2.66. The number of H-pyrrole nitrogens is 1. The largest absolute Gasteiger partial charge is 0.481 e. The summed E-state index contributed by atoms with van der Waals surface area (Å²) < 4.78 is 0. The molecular weight excluding hydrogens is 354 g/mol. The van der Waals surface area contributed by atoms with Crippen molar-refractivity contribution in [1.82, 2.24) is 4.98 Å². The van der Waals surface area contributed by atoms with E-state index < -0.39 is 28.8 Å². The molecule has 3 N–H and O–H groups in total. The number of Topliss-reactive ketones (excluding diaryl/α,β-unsaturated/α-hetero) is 1. The zero-order valence-corrected chi connectivity index (χ0v) is 16.0. The molecule has 144 valence electrons. The molecule has 2 aromatic carbocycles. The summed E-state index contributed by atoms with van der Waals surface area (Å²) in [6.07, 6.45) is 0.273. The molecule has 5 heteroatoms. The van der Waals surface area contributed by atoms with Gasteiger partial charge in [0.25, 0.3) is 0 Å². The molecule has 1 aromatic heterocycles. The summed E-state index contributed by atoms with van der Waals surface area (Å²) in [5.74, 6) is -1.51. The number of aliphatic hydroxyl groups excluding tert-OH is 1. The number of fused-ring (bicyclic) bond motifs is 6. The number of ketones is 1. The van der Waals surface area contributed by atoms with Crippen molar-refractivity contribution in [2.75, 3.05) is 0 Å². The van der Waals surface area contributed by atoms with E-state index in [4.69, 9.17) is 0 Å². The monoisotopic (exact) mass is 377 g/mol. The molecule has 1 heterocycles. The smallest absolute Gasteiger partial charge is 0.312 e. The standard InChI is InChI=1S/C23H23NO4/c1-22-8-7-20(26)23(2,21(27)28)19(22)11-18(25)14-10-17-13(9-15(14)22)12-5-3-4-6-16(12)24-17/h3-6,9-10,19-20,24,26H,7-8,11H2,1-2H3,(H,27,28)/t19-,20+,22-,23+/m1/s1. The first-order valence-electron chi connectivity index (χ1n) is 9.76. The molecule has 3 aromatic rings. The van der Waals surface area contributed by atoms with Crippen LogP contribution in [0.25, 0.3) is 21.8 Å². The van der Waals surface area contributed by atoms with Gasteiger partial charge >= 0.3 is 5.97 Å². The number of carboxylic acid groups (broad SMARTS) is 1. The molecule has 2 aliphatic rings. The Kier molecular flexibility index (Phi) is 3.39. The molecule has 0 spiro atoms. The van der Waals surface area contributed by atoms with E-state index in [0.29, 0.717) is 18.4 Å². The lowest BCUT2D eigenvalue weighted by Gasteiger charge is -2.54. The first kappa shape index (κ1) is 17.4. The average molecular weight is 377 g/mol. The topological polar surface area (TPSA) is 90.4 Å². The van der Waals surface area contributed by atoms with Crippen molar-refractivity contribution >= 4 is 33.6 Å². The van der Waals surface area contributed by atoms with Crippen molar-refractivity contribution in [3.8, 4) is 0 Å². The van der Waals surface area contributed by atoms with Crippen molar-refractivity contribution in [2.45, 2.75) is 44.6 Å². The number of aliphatic carboxylic acids is 1. The van der Waals surface area contributed by atoms with Crippen molar-refractivity contribution in [1.29, 1.82) is 0 Å². The predicted molar refractivity (Wildman–Crippen MR) is 107 cm³/mol. The lowest BCUT2D eigenvalue weighted by Crippen LogP contribution is -2.59. The lowest BCUT2D eigenvalue weighted by molar-refractivity contribution is -0.170. The fourth-order valence-electron chi connectivity index (χ4n) is 5.75. The van der Waals surface area contributed by atoms with Gasteiger partial charge in [-0.15, -0.1) is 0 Å². The second-order valence-corrected chi connectivity index (χ2v) is 8.85. The average Bonchev–Trinajstić information content (AvgIpc) is 3.04. The molecule has 0 aliphatic heterocycles. The Morgan fingerprint density at radius 2 is 1.89 bits per heavy atom. The van der Waals surface area contributed by atoms with Crippen LogP contribution in [-0.4, -0.2) is 33.1 Å². The minimum absolute atomic E-state index is 0.0420. The third-order valence-electron chi connectivity index (χ3n) is 7.53. The SMILES string of the molecule is C[C@@]1(C(=O)O)[C@@H](O)CC[C@]2(C)c3cc4c(cc3C(=O)C[C@@H]12)[nH]c1ccccc14. The number of aliphatic hydroxyl groups is 1. The number of rotatable bonds is 1. The summed E-state index contributed by atoms with van der Waals surface area (Å²) in [6, 6.07) is 12.0. The van der Waals surface area contributed by atoms with Crippen LogP contribution in [0.1, 0.15) is 49.0 Å². The van der Waals surface area contributed by atoms with E-state index in [-0.39, 0.29) is 12.2 Å². The molecule has 4 atom stereocenters. The van der Waals surface area contributed by atoms with Crippen LogP contribution in [0, 0.1) is 11.3 Å². The van der Waals surface area contributed by atoms with E-state index in [0.717, 1.165) is 27.4 Å². The van der Waals surface area contributed by atoms with Crippen LogP contribution in [0.15, 0.2) is 36.4 Å². The molecule has 5 rings (SSSR count). The van der Waals surface area contributed by atoms with Crippen LogP contribution in [0.5, 0.6) is 0 Å². The first-order chi connectivity index (χ1) is 13.3. The van der Waals surface area contributed by atoms with E-state index in [1.54, 1.807) is 6.92 Å². The van der Waals surface area contributed by atoms with Crippen molar-refractivity contribution in [3.63, 3.8) is 0 Å². The maximum atomic E-state index is 13.1. The number of hydrogen-bond donors (Lipinski definition) is 3. The molecule has 1 fully saturated rings. The van der Waals surface area contributed by atoms with Crippen molar-refractivity contribution in [3.05, 3.63) is 47.5 Å². The quantitative estimate of drug-likeness (QED) is 0.597. The minimum atomic E-state index is -1.34. The highest BCUT2D eigenvalue weighted by atomic mass is 16.4. The van der Waals surface area contributed by atoms with Crippen molar-refractivity contribution in [2.24, 2.45) is 11.3 Å². The summed E-state index contributed by atoms with van der Waals surface area (Å²) in [5.41, 5.74) is 1.74. The summed E-state index contributed by atoms with van der Waals surface area (Å²) >= 11 is 0. The van der Waals surface area contributed by atoms with Crippen LogP contribution in [0.3, 0.4) is 0 Å². The van der Waals surface area contributed by atoms with Gasteiger partial charge in [-0.05, 0) is 54.9 Å². The summed E-state index contributed by atoms with van der Waals surface area (Å²) in [6.45, 7) is 3.67. The number of nitrogens with one attached hydrogen (secondary N) is 1. The zero-order chi connectivity index (χ0) is 19.8. The fourth-order valence-corrected chi connectivity index (χ4v) is 5.75. The summed E-state index contributed by atoms with van der Waals surface area (Å²) in [5, 5.41) is 22.7. The van der Waals surface area contributed by atoms with E-state index >= 15 is 0 Å². The number of carbonyl (C=O) groups is 2. The molecule has 0 saturated heterocycles. The van der Waals surface area contributed by atoms with Gasteiger partial charge in [0.15, 0.2) is 5.78 Å². The number of benzene rings is 2. The van der Waals surface area contributed by atoms with Gasteiger partial charge < -0.3 is 15.2 Å². The van der Waals surface area contributed by atoms with Gasteiger partial charge in [0, 0.05) is 33.8 Å². The Labute approximate surface area is 162 Å². The number of carbonyl (C=O) groups excluding carboxylic acids is 1. The molecule has 5 nitrogen and oxygen atoms in total. The number of aromatic amines is 1. The maximum Gasteiger partial charge on any atom is 0.312 e. The molecule has 0 bridgehead atoms. The summed E-state index contributed by atoms with van der Waals surface area (Å²) in [4.78, 5) is 28.6. The highest BCUT2D eigenvalue weighted by molar-refractivity contribution is 6.11. The van der Waals surface area contributed by atoms with Gasteiger partial charge in [0.05, 0.1) is 11.5 Å². The molecule has 0 amide bonds. The van der Waals surface area contributed by atoms with Crippen LogP contribution >= 0.6 is 0 Å². The number of para-hydroxylation sites is 1. The molecular formula is C23H23NO4. The van der Waals surface area contributed by atoms with Crippen LogP contribution in [0.4, 0.5) is 0 Å². The summed E-state index contributed by atoms with van der Waals surface area (Å²) in [7, 11) is 0. The predicted octanol–water partition coefficient (Wildman–Crippen LogP) is 4.03. The number of aromatic nitrogens is 1. The van der Waals surface area contributed by atoms with E-state index in [9.17, 15) is 19.8 Å². The Morgan fingerprint density at radius 1 is 1.14 bits per heavy atom. The number of hydrogen-bond acceptors (Lipinski definition) is 3. The van der Waals surface area contributed by atoms with Gasteiger partial charge in [-0.3, -0.25) is 9.59 Å². The highest BCUT2D eigenvalue weighted by Gasteiger charge is 2.60. The second-order valence-electron chi connectivity index (χ2n) is 8.85. The molecule has 1 saturated carbocycles. The van der Waals surface area contributed by atoms with E-state index in [1.165, 1.54) is 0 Å². The van der Waals surface area contributed by atoms with Gasteiger partial charge in [-0.25, -0.2) is 0 Å². The highest BCUT2D eigenvalue weighted by Crippen LogP contribution is 2.57. The maximum absolute atomic E-state index is 13.1. The molecule has 0 radical (unpaired) electrons. The molecule has 0 unspecified atom stereocenters. The first-order valence-corrected chi connectivity index (χ1v) is 9.76. The Morgan fingerprint density at radius 3 is 2.64 bits per heavy atom. The van der Waals surface area contributed by atoms with E-state index in [1.807, 2.05) is 24.3 Å². The Bertz CT molecular complexity index is 1160. The third-order valence-corrected chi connectivity index (χ3v) is 7.53. The lowest BCUT2D eigenvalue weighted by atomic mass is 9.48. The Balaban J connectivity index is 1.80. The number of carboxylic acids is 1. The van der Waals surface area contributed by atoms with Gasteiger partial charge in [-0.1, -0.05) is 25.1 Å². The molecule has 2 aliphatic carbocycles. The van der Waals surface area contributed by atoms with E-state index in [2.05, 4.69) is 24.0 Å². The van der Waals surface area contributed by atoms with Gasteiger partial charge in [0.1, 0.15) is 0 Å². The normalized spacial score (nSPS) is 32.3. The van der Waals surface area contributed by atoms with Crippen LogP contribution in [0.2, 0.25) is 0 Å². The zero-order valence-electron chi connectivity index (χ0n) is 16.0. The third kappa shape index (κ3) is 2.00. The van der Waals surface area contributed by atoms with Crippen LogP contribution < -0.4 is 0 Å². The van der Waals surface area contributed by atoms with Gasteiger partial charge in [-0.2, -0.15) is 0 Å².